The fourth-order valence-electron chi connectivity index (χ4n) is 6.95. The van der Waals surface area contributed by atoms with Gasteiger partial charge in [-0.2, -0.15) is 0 Å². The van der Waals surface area contributed by atoms with Crippen molar-refractivity contribution in [1.82, 2.24) is 10.6 Å². The Bertz CT molecular complexity index is 1400. The Morgan fingerprint density at radius 3 is 0.918 bits per heavy atom. The summed E-state index contributed by atoms with van der Waals surface area (Å²) in [5.74, 6) is -1.27. The summed E-state index contributed by atoms with van der Waals surface area (Å²) in [4.78, 5) is 28.4. The van der Waals surface area contributed by atoms with Crippen LogP contribution in [0, 0.1) is 17.3 Å². The lowest BCUT2D eigenvalue weighted by molar-refractivity contribution is -0.146. The quantitative estimate of drug-likeness (QED) is 0.100. The molecule has 6 heteroatoms. The number of carbonyl (C=O) groups excluding carboxylic acids is 2. The molecule has 0 saturated heterocycles. The average molecular weight is 663 g/mol. The van der Waals surface area contributed by atoms with Crippen molar-refractivity contribution in [2.75, 3.05) is 0 Å². The molecule has 0 aliphatic rings. The van der Waals surface area contributed by atoms with Crippen LogP contribution in [0.15, 0.2) is 121 Å². The predicted octanol–water partition coefficient (Wildman–Crippen LogP) is 6.73. The number of benzene rings is 4. The van der Waals surface area contributed by atoms with Crippen LogP contribution in [-0.2, 0) is 35.3 Å². The summed E-state index contributed by atoms with van der Waals surface area (Å²) in [6.07, 6.45) is 1.28. The van der Waals surface area contributed by atoms with Crippen molar-refractivity contribution < 1.29 is 19.8 Å². The van der Waals surface area contributed by atoms with E-state index in [1.165, 1.54) is 0 Å². The van der Waals surface area contributed by atoms with E-state index in [1.54, 1.807) is 13.8 Å². The highest BCUT2D eigenvalue weighted by Crippen LogP contribution is 2.31. The van der Waals surface area contributed by atoms with Crippen LogP contribution in [0.2, 0.25) is 0 Å². The molecule has 4 aromatic rings. The molecular formula is C43H54N2O4. The van der Waals surface area contributed by atoms with Gasteiger partial charge >= 0.3 is 0 Å². The van der Waals surface area contributed by atoms with Gasteiger partial charge in [-0.05, 0) is 47.9 Å². The first kappa shape index (κ1) is 37.6. The number of rotatable bonds is 16. The van der Waals surface area contributed by atoms with Gasteiger partial charge in [-0.25, -0.2) is 0 Å². The van der Waals surface area contributed by atoms with Crippen LogP contribution >= 0.6 is 0 Å². The lowest BCUT2D eigenvalue weighted by Crippen LogP contribution is -2.63. The van der Waals surface area contributed by atoms with Crippen LogP contribution in [0.3, 0.4) is 0 Å². The molecule has 0 radical (unpaired) electrons. The van der Waals surface area contributed by atoms with Gasteiger partial charge in [0.2, 0.25) is 11.8 Å². The van der Waals surface area contributed by atoms with Gasteiger partial charge in [0.05, 0.1) is 23.3 Å². The summed E-state index contributed by atoms with van der Waals surface area (Å²) in [6, 6.07) is 37.8. The van der Waals surface area contributed by atoms with E-state index in [4.69, 9.17) is 0 Å². The maximum atomic E-state index is 14.2. The predicted molar refractivity (Wildman–Crippen MR) is 198 cm³/mol. The summed E-state index contributed by atoms with van der Waals surface area (Å²) < 4.78 is 0. The van der Waals surface area contributed by atoms with Gasteiger partial charge in [0, 0.05) is 25.7 Å². The molecule has 6 nitrogen and oxygen atoms in total. The molecular weight excluding hydrogens is 608 g/mol. The largest absolute Gasteiger partial charge is 0.387 e. The Morgan fingerprint density at radius 2 is 0.714 bits per heavy atom. The van der Waals surface area contributed by atoms with E-state index in [9.17, 15) is 19.8 Å². The fraction of sp³-hybridized carbons (Fsp3) is 0.395. The van der Waals surface area contributed by atoms with Crippen molar-refractivity contribution in [3.05, 3.63) is 144 Å². The van der Waals surface area contributed by atoms with E-state index in [0.29, 0.717) is 25.7 Å². The molecule has 4 rings (SSSR count). The molecule has 2 atom stereocenters. The van der Waals surface area contributed by atoms with Crippen LogP contribution in [0.4, 0.5) is 0 Å². The van der Waals surface area contributed by atoms with Crippen LogP contribution < -0.4 is 10.6 Å². The van der Waals surface area contributed by atoms with Crippen LogP contribution in [0.1, 0.15) is 63.8 Å². The Morgan fingerprint density at radius 1 is 0.490 bits per heavy atom. The molecule has 49 heavy (non-hydrogen) atoms. The molecule has 0 aliphatic carbocycles. The maximum Gasteiger partial charge on any atom is 0.235 e. The number of amides is 2. The van der Waals surface area contributed by atoms with Crippen molar-refractivity contribution >= 4 is 11.8 Å². The molecule has 4 aromatic carbocycles. The smallest absolute Gasteiger partial charge is 0.235 e. The third-order valence-electron chi connectivity index (χ3n) is 9.61. The molecule has 4 N–H and O–H groups in total. The van der Waals surface area contributed by atoms with Gasteiger partial charge in [0.1, 0.15) is 5.41 Å². The summed E-state index contributed by atoms with van der Waals surface area (Å²) in [7, 11) is 0. The van der Waals surface area contributed by atoms with Gasteiger partial charge < -0.3 is 20.8 Å². The van der Waals surface area contributed by atoms with E-state index in [2.05, 4.69) is 10.6 Å². The zero-order valence-corrected chi connectivity index (χ0v) is 29.9. The molecule has 0 saturated carbocycles. The third kappa shape index (κ3) is 9.90. The lowest BCUT2D eigenvalue weighted by Gasteiger charge is -2.42. The summed E-state index contributed by atoms with van der Waals surface area (Å²) in [5.41, 5.74) is -0.387. The SMILES string of the molecule is CC(C)C(NC(=O)C(C)(C)C(=O)NC(C(C)C)C(O)(Cc1ccccc1)Cc1ccccc1)C(O)(Cc1ccccc1)Cc1ccccc1. The van der Waals surface area contributed by atoms with Crippen molar-refractivity contribution in [3.8, 4) is 0 Å². The Labute approximate surface area is 293 Å². The minimum Gasteiger partial charge on any atom is -0.387 e. The fourth-order valence-corrected chi connectivity index (χ4v) is 6.95. The van der Waals surface area contributed by atoms with E-state index in [1.807, 2.05) is 149 Å². The van der Waals surface area contributed by atoms with Gasteiger partial charge in [0.25, 0.3) is 0 Å². The molecule has 260 valence electrons. The summed E-state index contributed by atoms with van der Waals surface area (Å²) in [6.45, 7) is 11.1. The second kappa shape index (κ2) is 16.4. The zero-order valence-electron chi connectivity index (χ0n) is 29.9. The van der Waals surface area contributed by atoms with Gasteiger partial charge in [-0.1, -0.05) is 149 Å². The number of aliphatic hydroxyl groups is 2. The van der Waals surface area contributed by atoms with E-state index < -0.39 is 40.5 Å². The molecule has 0 fully saturated rings. The standard InChI is InChI=1S/C43H54N2O4/c1-31(2)37(42(48,27-33-19-11-7-12-20-33)28-34-21-13-8-14-22-34)44-39(46)41(5,6)40(47)45-38(32(3)4)43(49,29-35-23-15-9-16-24-35)30-36-25-17-10-18-26-36/h7-26,31-32,37-38,48-49H,27-30H2,1-6H3,(H,44,46)(H,45,47). The molecule has 2 amide bonds. The monoisotopic (exact) mass is 662 g/mol. The Balaban J connectivity index is 1.62. The minimum absolute atomic E-state index is 0.148. The highest BCUT2D eigenvalue weighted by molar-refractivity contribution is 6.04. The van der Waals surface area contributed by atoms with E-state index in [0.717, 1.165) is 22.3 Å². The number of nitrogens with one attached hydrogen (secondary N) is 2. The van der Waals surface area contributed by atoms with Crippen LogP contribution in [0.5, 0.6) is 0 Å². The summed E-state index contributed by atoms with van der Waals surface area (Å²) in [5, 5.41) is 31.2. The van der Waals surface area contributed by atoms with Crippen molar-refractivity contribution in [2.24, 2.45) is 17.3 Å². The number of carbonyl (C=O) groups is 2. The first-order valence-electron chi connectivity index (χ1n) is 17.5. The van der Waals surface area contributed by atoms with Crippen molar-refractivity contribution in [1.29, 1.82) is 0 Å². The number of hydrogen-bond donors (Lipinski definition) is 4. The highest BCUT2D eigenvalue weighted by atomic mass is 16.3. The first-order valence-corrected chi connectivity index (χ1v) is 17.5. The zero-order chi connectivity index (χ0) is 35.7. The topological polar surface area (TPSA) is 98.7 Å². The number of hydrogen-bond acceptors (Lipinski definition) is 4. The van der Waals surface area contributed by atoms with Crippen molar-refractivity contribution in [2.45, 2.75) is 90.5 Å². The Hall–Kier alpha value is -4.26. The average Bonchev–Trinajstić information content (AvgIpc) is 3.07. The first-order chi connectivity index (χ1) is 23.2. The van der Waals surface area contributed by atoms with Gasteiger partial charge in [0.15, 0.2) is 0 Å². The minimum atomic E-state index is -1.51. The molecule has 0 aromatic heterocycles. The maximum absolute atomic E-state index is 14.2. The van der Waals surface area contributed by atoms with E-state index in [-0.39, 0.29) is 11.8 Å². The second-order valence-electron chi connectivity index (χ2n) is 14.9. The lowest BCUT2D eigenvalue weighted by atomic mass is 9.76. The Kier molecular flexibility index (Phi) is 12.6. The molecule has 0 heterocycles. The molecule has 0 bridgehead atoms. The highest BCUT2D eigenvalue weighted by Gasteiger charge is 2.47. The second-order valence-corrected chi connectivity index (χ2v) is 14.9. The summed E-state index contributed by atoms with van der Waals surface area (Å²) >= 11 is 0. The van der Waals surface area contributed by atoms with Gasteiger partial charge in [-0.3, -0.25) is 9.59 Å². The van der Waals surface area contributed by atoms with Gasteiger partial charge in [-0.15, -0.1) is 0 Å². The molecule has 0 spiro atoms. The molecule has 0 aliphatic heterocycles. The van der Waals surface area contributed by atoms with Crippen LogP contribution in [0.25, 0.3) is 0 Å². The van der Waals surface area contributed by atoms with E-state index >= 15 is 0 Å². The third-order valence-corrected chi connectivity index (χ3v) is 9.61. The molecule has 2 unspecified atom stereocenters. The normalized spacial score (nSPS) is 13.6. The van der Waals surface area contributed by atoms with Crippen LogP contribution in [-0.4, -0.2) is 45.3 Å². The van der Waals surface area contributed by atoms with Crippen molar-refractivity contribution in [3.63, 3.8) is 0 Å².